The van der Waals surface area contributed by atoms with Gasteiger partial charge < -0.3 is 4.74 Å². The molecule has 2 aliphatic rings. The standard InChI is InChI=1S/C15H24ClNO3/c1-3-12-6-4-11(16)5-7-13-14(17(18)19)8-10(2)9-15(13)20-12/h9-12,18-19H,3-8H2,1-2H3. The fraction of sp³-hybridized carbons (Fsp3) is 0.733. The van der Waals surface area contributed by atoms with Crippen LogP contribution in [0, 0.1) is 5.92 Å². The van der Waals surface area contributed by atoms with Crippen LogP contribution in [-0.2, 0) is 4.74 Å². The molecule has 4 nitrogen and oxygen atoms in total. The van der Waals surface area contributed by atoms with Crippen LogP contribution in [0.15, 0.2) is 23.1 Å². The number of alkyl halides is 1. The van der Waals surface area contributed by atoms with E-state index in [9.17, 15) is 10.4 Å². The van der Waals surface area contributed by atoms with Crippen LogP contribution in [0.1, 0.15) is 52.4 Å². The van der Waals surface area contributed by atoms with Gasteiger partial charge in [0.25, 0.3) is 0 Å². The number of allylic oxidation sites excluding steroid dienone is 3. The summed E-state index contributed by atoms with van der Waals surface area (Å²) in [5.74, 6) is 1.04. The normalized spacial score (nSPS) is 31.4. The Balaban J connectivity index is 2.33. The van der Waals surface area contributed by atoms with Crippen molar-refractivity contribution in [1.82, 2.24) is 5.23 Å². The highest BCUT2D eigenvalue weighted by Crippen LogP contribution is 2.36. The summed E-state index contributed by atoms with van der Waals surface area (Å²) in [6.45, 7) is 4.15. The highest BCUT2D eigenvalue weighted by molar-refractivity contribution is 6.20. The molecule has 0 spiro atoms. The van der Waals surface area contributed by atoms with Crippen molar-refractivity contribution in [2.45, 2.75) is 63.9 Å². The molecule has 3 unspecified atom stereocenters. The zero-order valence-corrected chi connectivity index (χ0v) is 12.9. The van der Waals surface area contributed by atoms with E-state index in [0.29, 0.717) is 12.1 Å². The number of halogens is 1. The lowest BCUT2D eigenvalue weighted by Gasteiger charge is -2.28. The average Bonchev–Trinajstić information content (AvgIpc) is 2.47. The molecule has 1 heterocycles. The van der Waals surface area contributed by atoms with Crippen LogP contribution in [0.3, 0.4) is 0 Å². The number of hydrogen-bond acceptors (Lipinski definition) is 4. The summed E-state index contributed by atoms with van der Waals surface area (Å²) in [6, 6.07) is 0. The average molecular weight is 302 g/mol. The maximum Gasteiger partial charge on any atom is 0.121 e. The molecule has 20 heavy (non-hydrogen) atoms. The second kappa shape index (κ2) is 6.83. The first-order chi connectivity index (χ1) is 9.51. The minimum atomic E-state index is 0.117. The van der Waals surface area contributed by atoms with E-state index >= 15 is 0 Å². The molecular weight excluding hydrogens is 278 g/mol. The summed E-state index contributed by atoms with van der Waals surface area (Å²) >= 11 is 6.34. The minimum Gasteiger partial charge on any atom is -0.490 e. The van der Waals surface area contributed by atoms with Gasteiger partial charge in [0, 0.05) is 11.0 Å². The molecule has 2 rings (SSSR count). The van der Waals surface area contributed by atoms with E-state index in [1.54, 1.807) is 0 Å². The third-order valence-corrected chi connectivity index (χ3v) is 4.53. The Labute approximate surface area is 125 Å². The molecule has 1 saturated heterocycles. The zero-order chi connectivity index (χ0) is 14.7. The van der Waals surface area contributed by atoms with Crippen LogP contribution < -0.4 is 0 Å². The summed E-state index contributed by atoms with van der Waals surface area (Å²) in [6.07, 6.45) is 7.22. The number of nitrogens with zero attached hydrogens (tertiary/aromatic N) is 1. The van der Waals surface area contributed by atoms with Crippen molar-refractivity contribution in [2.75, 3.05) is 0 Å². The summed E-state index contributed by atoms with van der Waals surface area (Å²) in [5, 5.41) is 19.3. The number of rotatable bonds is 2. The topological polar surface area (TPSA) is 52.9 Å². The second-order valence-electron chi connectivity index (χ2n) is 5.79. The van der Waals surface area contributed by atoms with Gasteiger partial charge in [0.05, 0.1) is 11.8 Å². The highest BCUT2D eigenvalue weighted by atomic mass is 35.5. The lowest BCUT2D eigenvalue weighted by atomic mass is 9.91. The Morgan fingerprint density at radius 2 is 2.10 bits per heavy atom. The zero-order valence-electron chi connectivity index (χ0n) is 12.2. The first-order valence-corrected chi connectivity index (χ1v) is 7.87. The molecule has 1 aliphatic carbocycles. The van der Waals surface area contributed by atoms with Crippen molar-refractivity contribution in [3.05, 3.63) is 23.1 Å². The van der Waals surface area contributed by atoms with Gasteiger partial charge >= 0.3 is 0 Å². The van der Waals surface area contributed by atoms with E-state index in [4.69, 9.17) is 16.3 Å². The molecule has 0 aromatic rings. The van der Waals surface area contributed by atoms with E-state index in [2.05, 4.69) is 19.9 Å². The summed E-state index contributed by atoms with van der Waals surface area (Å²) < 4.78 is 6.12. The predicted octanol–water partition coefficient (Wildman–Crippen LogP) is 4.22. The minimum absolute atomic E-state index is 0.117. The molecule has 0 radical (unpaired) electrons. The number of fused-ring (bicyclic) bond motifs is 1. The lowest BCUT2D eigenvalue weighted by Crippen LogP contribution is -2.23. The Morgan fingerprint density at radius 3 is 2.75 bits per heavy atom. The molecule has 0 saturated carbocycles. The third-order valence-electron chi connectivity index (χ3n) is 4.10. The lowest BCUT2D eigenvalue weighted by molar-refractivity contribution is -0.282. The number of ether oxygens (including phenoxy) is 1. The first kappa shape index (κ1) is 15.7. The highest BCUT2D eigenvalue weighted by Gasteiger charge is 2.28. The molecular formula is C15H24ClNO3. The van der Waals surface area contributed by atoms with Gasteiger partial charge in [-0.05, 0) is 50.5 Å². The fourth-order valence-electron chi connectivity index (χ4n) is 2.91. The van der Waals surface area contributed by atoms with E-state index in [0.717, 1.165) is 43.4 Å². The molecule has 2 N–H and O–H groups in total. The first-order valence-electron chi connectivity index (χ1n) is 7.44. The SMILES string of the molecule is CCC1CCC(Cl)CCC2=C(N(O)O)CC(C)C=C2O1. The van der Waals surface area contributed by atoms with E-state index < -0.39 is 0 Å². The van der Waals surface area contributed by atoms with Crippen LogP contribution in [0.4, 0.5) is 0 Å². The molecule has 114 valence electrons. The molecule has 1 fully saturated rings. The van der Waals surface area contributed by atoms with Gasteiger partial charge in [-0.2, -0.15) is 0 Å². The number of hydroxylamine groups is 2. The molecule has 3 atom stereocenters. The Morgan fingerprint density at radius 1 is 1.35 bits per heavy atom. The predicted molar refractivity (Wildman–Crippen MR) is 77.6 cm³/mol. The maximum absolute atomic E-state index is 9.47. The van der Waals surface area contributed by atoms with Gasteiger partial charge in [-0.25, -0.2) is 0 Å². The van der Waals surface area contributed by atoms with E-state index in [-0.39, 0.29) is 22.6 Å². The fourth-order valence-corrected chi connectivity index (χ4v) is 3.14. The Bertz CT molecular complexity index is 406. The molecule has 1 aliphatic heterocycles. The quantitative estimate of drug-likeness (QED) is 0.592. The van der Waals surface area contributed by atoms with Crippen molar-refractivity contribution in [2.24, 2.45) is 5.92 Å². The summed E-state index contributed by atoms with van der Waals surface area (Å²) in [5.41, 5.74) is 1.43. The van der Waals surface area contributed by atoms with E-state index in [1.807, 2.05) is 0 Å². The van der Waals surface area contributed by atoms with Gasteiger partial charge in [-0.1, -0.05) is 13.8 Å². The largest absolute Gasteiger partial charge is 0.490 e. The van der Waals surface area contributed by atoms with Gasteiger partial charge in [0.2, 0.25) is 0 Å². The van der Waals surface area contributed by atoms with Crippen LogP contribution in [-0.4, -0.2) is 27.1 Å². The van der Waals surface area contributed by atoms with Crippen molar-refractivity contribution in [3.63, 3.8) is 0 Å². The number of hydrogen-bond donors (Lipinski definition) is 2. The summed E-state index contributed by atoms with van der Waals surface area (Å²) in [7, 11) is 0. The summed E-state index contributed by atoms with van der Waals surface area (Å²) in [4.78, 5) is 0. The molecule has 0 aromatic carbocycles. The third kappa shape index (κ3) is 3.68. The van der Waals surface area contributed by atoms with Gasteiger partial charge in [-0.15, -0.1) is 16.8 Å². The van der Waals surface area contributed by atoms with Crippen molar-refractivity contribution < 1.29 is 15.2 Å². The van der Waals surface area contributed by atoms with Gasteiger partial charge in [-0.3, -0.25) is 10.4 Å². The van der Waals surface area contributed by atoms with Crippen molar-refractivity contribution in [3.8, 4) is 0 Å². The van der Waals surface area contributed by atoms with Crippen LogP contribution in [0.25, 0.3) is 0 Å². The van der Waals surface area contributed by atoms with E-state index in [1.165, 1.54) is 0 Å². The maximum atomic E-state index is 9.47. The second-order valence-corrected chi connectivity index (χ2v) is 6.41. The van der Waals surface area contributed by atoms with Gasteiger partial charge in [0.1, 0.15) is 5.76 Å². The molecule has 0 aromatic heterocycles. The Hall–Kier alpha value is -0.710. The Kier molecular flexibility index (Phi) is 5.35. The van der Waals surface area contributed by atoms with Crippen LogP contribution in [0.2, 0.25) is 0 Å². The van der Waals surface area contributed by atoms with Crippen LogP contribution in [0.5, 0.6) is 0 Å². The van der Waals surface area contributed by atoms with Crippen molar-refractivity contribution >= 4 is 11.6 Å². The molecule has 5 heteroatoms. The van der Waals surface area contributed by atoms with Gasteiger partial charge in [0.15, 0.2) is 0 Å². The van der Waals surface area contributed by atoms with Crippen molar-refractivity contribution in [1.29, 1.82) is 0 Å². The smallest absolute Gasteiger partial charge is 0.121 e. The molecule has 0 amide bonds. The monoisotopic (exact) mass is 301 g/mol. The van der Waals surface area contributed by atoms with Crippen LogP contribution >= 0.6 is 11.6 Å². The molecule has 0 bridgehead atoms.